The standard InChI is InChI=1S/C21H28N4O6S/c1-2-31-16-6-5-15(13-17(16)32(29,30)25-11-3-4-12-25)22-18(26)14-7-9-21(10-8-14)19(27)23-20(28)24-21/h5-6,13-14H,2-4,7-12H2,1H3,(H,22,26)(H2,23,24,27,28). The number of amides is 4. The molecule has 32 heavy (non-hydrogen) atoms. The topological polar surface area (TPSA) is 134 Å². The maximum Gasteiger partial charge on any atom is 0.322 e. The molecule has 0 aromatic heterocycles. The number of ether oxygens (including phenoxy) is 1. The largest absolute Gasteiger partial charge is 0.492 e. The summed E-state index contributed by atoms with van der Waals surface area (Å²) in [6.07, 6.45) is 3.27. The number of hydrogen-bond acceptors (Lipinski definition) is 6. The van der Waals surface area contributed by atoms with E-state index in [1.165, 1.54) is 10.4 Å². The predicted molar refractivity (Wildman–Crippen MR) is 116 cm³/mol. The molecule has 4 rings (SSSR count). The summed E-state index contributed by atoms with van der Waals surface area (Å²) in [5.41, 5.74) is -0.548. The zero-order valence-electron chi connectivity index (χ0n) is 18.0. The maximum atomic E-state index is 13.1. The molecule has 0 radical (unpaired) electrons. The Kier molecular flexibility index (Phi) is 6.13. The van der Waals surface area contributed by atoms with Crippen molar-refractivity contribution in [3.05, 3.63) is 18.2 Å². The highest BCUT2D eigenvalue weighted by Gasteiger charge is 2.48. The number of urea groups is 1. The lowest BCUT2D eigenvalue weighted by atomic mass is 9.76. The van der Waals surface area contributed by atoms with Gasteiger partial charge in [-0.15, -0.1) is 0 Å². The van der Waals surface area contributed by atoms with Gasteiger partial charge in [-0.1, -0.05) is 0 Å². The Morgan fingerprint density at radius 3 is 2.50 bits per heavy atom. The van der Waals surface area contributed by atoms with E-state index in [4.69, 9.17) is 4.74 Å². The van der Waals surface area contributed by atoms with Crippen LogP contribution in [0.2, 0.25) is 0 Å². The summed E-state index contributed by atoms with van der Waals surface area (Å²) in [6, 6.07) is 4.14. The minimum absolute atomic E-state index is 0.0481. The SMILES string of the molecule is CCOc1ccc(NC(=O)C2CCC3(CC2)NC(=O)NC3=O)cc1S(=O)(=O)N1CCCC1. The fourth-order valence-electron chi connectivity index (χ4n) is 4.63. The smallest absolute Gasteiger partial charge is 0.322 e. The van der Waals surface area contributed by atoms with Crippen LogP contribution in [0.3, 0.4) is 0 Å². The molecule has 1 spiro atoms. The summed E-state index contributed by atoms with van der Waals surface area (Å²) in [4.78, 5) is 36.5. The van der Waals surface area contributed by atoms with E-state index in [0.29, 0.717) is 51.1 Å². The van der Waals surface area contributed by atoms with Crippen molar-refractivity contribution in [2.75, 3.05) is 25.0 Å². The first-order valence-corrected chi connectivity index (χ1v) is 12.4. The van der Waals surface area contributed by atoms with Crippen LogP contribution in [0.4, 0.5) is 10.5 Å². The maximum absolute atomic E-state index is 13.1. The first-order chi connectivity index (χ1) is 15.2. The van der Waals surface area contributed by atoms with Gasteiger partial charge < -0.3 is 15.4 Å². The lowest BCUT2D eigenvalue weighted by Crippen LogP contribution is -2.50. The molecule has 10 nitrogen and oxygen atoms in total. The van der Waals surface area contributed by atoms with Crippen LogP contribution in [0.5, 0.6) is 5.75 Å². The molecule has 174 valence electrons. The van der Waals surface area contributed by atoms with E-state index in [2.05, 4.69) is 16.0 Å². The van der Waals surface area contributed by atoms with E-state index >= 15 is 0 Å². The van der Waals surface area contributed by atoms with Gasteiger partial charge in [0.25, 0.3) is 5.91 Å². The Morgan fingerprint density at radius 1 is 1.22 bits per heavy atom. The second kappa shape index (κ2) is 8.70. The first-order valence-electron chi connectivity index (χ1n) is 11.0. The highest BCUT2D eigenvalue weighted by Crippen LogP contribution is 2.36. The Balaban J connectivity index is 1.48. The van der Waals surface area contributed by atoms with Gasteiger partial charge in [-0.05, 0) is 63.6 Å². The molecule has 3 aliphatic rings. The third-order valence-electron chi connectivity index (χ3n) is 6.42. The van der Waals surface area contributed by atoms with Crippen LogP contribution in [-0.2, 0) is 19.6 Å². The van der Waals surface area contributed by atoms with Crippen LogP contribution in [0.1, 0.15) is 45.4 Å². The number of carbonyl (C=O) groups excluding carboxylic acids is 3. The highest BCUT2D eigenvalue weighted by molar-refractivity contribution is 7.89. The van der Waals surface area contributed by atoms with Crippen LogP contribution in [0, 0.1) is 5.92 Å². The molecular weight excluding hydrogens is 436 g/mol. The fraction of sp³-hybridized carbons (Fsp3) is 0.571. The van der Waals surface area contributed by atoms with E-state index in [1.807, 2.05) is 0 Å². The van der Waals surface area contributed by atoms with Crippen molar-refractivity contribution in [1.82, 2.24) is 14.9 Å². The Morgan fingerprint density at radius 2 is 1.91 bits per heavy atom. The molecule has 0 bridgehead atoms. The first kappa shape index (κ1) is 22.5. The van der Waals surface area contributed by atoms with Gasteiger partial charge in [0.15, 0.2) is 0 Å². The summed E-state index contributed by atoms with van der Waals surface area (Å²) in [6.45, 7) is 3.05. The average Bonchev–Trinajstić information content (AvgIpc) is 3.39. The number of nitrogens with zero attached hydrogens (tertiary/aromatic N) is 1. The molecule has 2 saturated heterocycles. The van der Waals surface area contributed by atoms with E-state index in [0.717, 1.165) is 12.8 Å². The predicted octanol–water partition coefficient (Wildman–Crippen LogP) is 1.58. The van der Waals surface area contributed by atoms with Crippen LogP contribution in [-0.4, -0.2) is 55.8 Å². The normalized spacial score (nSPS) is 26.1. The third kappa shape index (κ3) is 4.18. The summed E-state index contributed by atoms with van der Waals surface area (Å²) in [7, 11) is -3.73. The number of carbonyl (C=O) groups is 3. The van der Waals surface area contributed by atoms with E-state index in [-0.39, 0.29) is 28.4 Å². The van der Waals surface area contributed by atoms with Crippen LogP contribution >= 0.6 is 0 Å². The van der Waals surface area contributed by atoms with Crippen molar-refractivity contribution in [3.8, 4) is 5.75 Å². The second-order valence-corrected chi connectivity index (χ2v) is 10.4. The Labute approximate surface area is 187 Å². The summed E-state index contributed by atoms with van der Waals surface area (Å²) < 4.78 is 33.2. The van der Waals surface area contributed by atoms with Gasteiger partial charge in [0.2, 0.25) is 15.9 Å². The van der Waals surface area contributed by atoms with E-state index in [1.54, 1.807) is 19.1 Å². The van der Waals surface area contributed by atoms with Gasteiger partial charge in [-0.3, -0.25) is 14.9 Å². The number of hydrogen-bond donors (Lipinski definition) is 3. The third-order valence-corrected chi connectivity index (χ3v) is 8.34. The van der Waals surface area contributed by atoms with Gasteiger partial charge in [-0.25, -0.2) is 13.2 Å². The quantitative estimate of drug-likeness (QED) is 0.547. The van der Waals surface area contributed by atoms with Gasteiger partial charge in [-0.2, -0.15) is 4.31 Å². The van der Waals surface area contributed by atoms with E-state index < -0.39 is 21.6 Å². The van der Waals surface area contributed by atoms with Crippen LogP contribution < -0.4 is 20.7 Å². The molecule has 1 aliphatic carbocycles. The summed E-state index contributed by atoms with van der Waals surface area (Å²) in [5.74, 6) is -0.654. The Bertz CT molecular complexity index is 1030. The van der Waals surface area contributed by atoms with Crippen molar-refractivity contribution in [3.63, 3.8) is 0 Å². The molecule has 0 unspecified atom stereocenters. The summed E-state index contributed by atoms with van der Waals surface area (Å²) in [5, 5.41) is 7.76. The number of nitrogens with one attached hydrogen (secondary N) is 3. The average molecular weight is 465 g/mol. The van der Waals surface area contributed by atoms with Gasteiger partial charge in [0.1, 0.15) is 16.2 Å². The van der Waals surface area contributed by atoms with Gasteiger partial charge in [0.05, 0.1) is 6.61 Å². The molecular formula is C21H28N4O6S. The molecule has 1 aromatic rings. The van der Waals surface area contributed by atoms with Crippen molar-refractivity contribution in [2.45, 2.75) is 55.9 Å². The van der Waals surface area contributed by atoms with Gasteiger partial charge >= 0.3 is 6.03 Å². The molecule has 2 heterocycles. The van der Waals surface area contributed by atoms with E-state index in [9.17, 15) is 22.8 Å². The number of sulfonamides is 1. The lowest BCUT2D eigenvalue weighted by Gasteiger charge is -2.33. The van der Waals surface area contributed by atoms with Crippen molar-refractivity contribution >= 4 is 33.6 Å². The fourth-order valence-corrected chi connectivity index (χ4v) is 6.30. The molecule has 0 atom stereocenters. The molecule has 3 N–H and O–H groups in total. The number of imide groups is 1. The lowest BCUT2D eigenvalue weighted by molar-refractivity contribution is -0.128. The number of anilines is 1. The highest BCUT2D eigenvalue weighted by atomic mass is 32.2. The van der Waals surface area contributed by atoms with Crippen molar-refractivity contribution in [2.24, 2.45) is 5.92 Å². The zero-order chi connectivity index (χ0) is 22.9. The van der Waals surface area contributed by atoms with Crippen molar-refractivity contribution in [1.29, 1.82) is 0 Å². The Hall–Kier alpha value is -2.66. The molecule has 2 aliphatic heterocycles. The number of rotatable bonds is 6. The second-order valence-electron chi connectivity index (χ2n) is 8.46. The molecule has 3 fully saturated rings. The minimum atomic E-state index is -3.73. The van der Waals surface area contributed by atoms with Crippen molar-refractivity contribution < 1.29 is 27.5 Å². The zero-order valence-corrected chi connectivity index (χ0v) is 18.8. The number of benzene rings is 1. The molecule has 4 amide bonds. The summed E-state index contributed by atoms with van der Waals surface area (Å²) >= 11 is 0. The molecule has 1 aromatic carbocycles. The van der Waals surface area contributed by atoms with Gasteiger partial charge in [0, 0.05) is 24.7 Å². The monoisotopic (exact) mass is 464 g/mol. The molecule has 11 heteroatoms. The minimum Gasteiger partial charge on any atom is -0.492 e. The van der Waals surface area contributed by atoms with Crippen LogP contribution in [0.25, 0.3) is 0 Å². The molecule has 1 saturated carbocycles. The van der Waals surface area contributed by atoms with Crippen LogP contribution in [0.15, 0.2) is 23.1 Å².